The number of carbonyl (C=O) groups is 1. The first kappa shape index (κ1) is 6.82. The zero-order valence-corrected chi connectivity index (χ0v) is 5.11. The largest absolute Gasteiger partial charge is 0.477 e. The van der Waals surface area contributed by atoms with E-state index in [4.69, 9.17) is 10.2 Å². The molecule has 1 rings (SSSR count). The number of carboxylic acids is 1. The molecule has 1 unspecified atom stereocenters. The predicted molar refractivity (Wildman–Crippen MR) is 34.0 cm³/mol. The van der Waals surface area contributed by atoms with E-state index in [1.165, 1.54) is 12.3 Å². The summed E-state index contributed by atoms with van der Waals surface area (Å²) in [6, 6.07) is 0. The summed E-state index contributed by atoms with van der Waals surface area (Å²) in [7, 11) is 0. The van der Waals surface area contributed by atoms with Gasteiger partial charge >= 0.3 is 5.97 Å². The molecule has 0 amide bonds. The average Bonchev–Trinajstić information content (AvgIpc) is 1.89. The normalized spacial score (nSPS) is 29.7. The van der Waals surface area contributed by atoms with Crippen molar-refractivity contribution in [2.24, 2.45) is 0 Å². The lowest BCUT2D eigenvalue weighted by atomic mass is 10.2. The predicted octanol–water partition coefficient (Wildman–Crippen LogP) is -0.567. The maximum atomic E-state index is 10.3. The third-order valence-corrected chi connectivity index (χ3v) is 1.17. The van der Waals surface area contributed by atoms with Crippen molar-refractivity contribution in [3.05, 3.63) is 24.4 Å². The van der Waals surface area contributed by atoms with E-state index >= 15 is 0 Å². The van der Waals surface area contributed by atoms with Crippen LogP contribution in [-0.4, -0.2) is 21.9 Å². The SMILES string of the molecule is O=C(O)C1(O)C=CC=CN1. The Morgan fingerprint density at radius 1 is 1.50 bits per heavy atom. The summed E-state index contributed by atoms with van der Waals surface area (Å²) in [4.78, 5) is 10.3. The number of carboxylic acid groups (broad SMARTS) is 1. The van der Waals surface area contributed by atoms with Crippen LogP contribution in [0.4, 0.5) is 0 Å². The van der Waals surface area contributed by atoms with Crippen molar-refractivity contribution in [3.63, 3.8) is 0 Å². The van der Waals surface area contributed by atoms with E-state index in [-0.39, 0.29) is 0 Å². The zero-order valence-electron chi connectivity index (χ0n) is 5.11. The second-order valence-corrected chi connectivity index (χ2v) is 1.93. The Morgan fingerprint density at radius 2 is 2.20 bits per heavy atom. The van der Waals surface area contributed by atoms with Crippen molar-refractivity contribution in [2.45, 2.75) is 5.72 Å². The van der Waals surface area contributed by atoms with Gasteiger partial charge < -0.3 is 15.5 Å². The maximum absolute atomic E-state index is 10.3. The Bertz CT molecular complexity index is 209. The molecular formula is C6H7NO3. The van der Waals surface area contributed by atoms with Gasteiger partial charge in [-0.3, -0.25) is 0 Å². The van der Waals surface area contributed by atoms with Gasteiger partial charge in [-0.1, -0.05) is 6.08 Å². The maximum Gasteiger partial charge on any atom is 0.361 e. The highest BCUT2D eigenvalue weighted by molar-refractivity contribution is 5.79. The number of hydrogen-bond acceptors (Lipinski definition) is 3. The van der Waals surface area contributed by atoms with E-state index in [9.17, 15) is 4.79 Å². The zero-order chi connectivity index (χ0) is 7.61. The van der Waals surface area contributed by atoms with Crippen LogP contribution in [0.2, 0.25) is 0 Å². The fourth-order valence-corrected chi connectivity index (χ4v) is 0.607. The van der Waals surface area contributed by atoms with Gasteiger partial charge in [0.2, 0.25) is 0 Å². The fraction of sp³-hybridized carbons (Fsp3) is 0.167. The minimum atomic E-state index is -1.92. The number of hydrogen-bond donors (Lipinski definition) is 3. The first-order valence-corrected chi connectivity index (χ1v) is 2.73. The lowest BCUT2D eigenvalue weighted by Crippen LogP contribution is -2.48. The van der Waals surface area contributed by atoms with Crippen LogP contribution in [0.5, 0.6) is 0 Å². The average molecular weight is 141 g/mol. The van der Waals surface area contributed by atoms with Gasteiger partial charge in [-0.25, -0.2) is 4.79 Å². The lowest BCUT2D eigenvalue weighted by molar-refractivity contribution is -0.155. The lowest BCUT2D eigenvalue weighted by Gasteiger charge is -2.20. The number of aliphatic carboxylic acids is 1. The van der Waals surface area contributed by atoms with Crippen LogP contribution in [0.3, 0.4) is 0 Å². The summed E-state index contributed by atoms with van der Waals surface area (Å²) < 4.78 is 0. The van der Waals surface area contributed by atoms with Gasteiger partial charge in [0, 0.05) is 0 Å². The van der Waals surface area contributed by atoms with Crippen LogP contribution in [0.1, 0.15) is 0 Å². The van der Waals surface area contributed by atoms with Crippen molar-refractivity contribution < 1.29 is 15.0 Å². The molecule has 1 aliphatic heterocycles. The molecular weight excluding hydrogens is 134 g/mol. The second-order valence-electron chi connectivity index (χ2n) is 1.93. The molecule has 0 radical (unpaired) electrons. The third-order valence-electron chi connectivity index (χ3n) is 1.17. The molecule has 0 aliphatic carbocycles. The Kier molecular flexibility index (Phi) is 1.47. The molecule has 0 saturated carbocycles. The van der Waals surface area contributed by atoms with Gasteiger partial charge in [-0.2, -0.15) is 0 Å². The van der Waals surface area contributed by atoms with Gasteiger partial charge in [0.05, 0.1) is 0 Å². The Balaban J connectivity index is 2.80. The van der Waals surface area contributed by atoms with Crippen LogP contribution >= 0.6 is 0 Å². The molecule has 0 aromatic rings. The Morgan fingerprint density at radius 3 is 2.50 bits per heavy atom. The van der Waals surface area contributed by atoms with Crippen molar-refractivity contribution in [2.75, 3.05) is 0 Å². The highest BCUT2D eigenvalue weighted by Crippen LogP contribution is 2.05. The summed E-state index contributed by atoms with van der Waals surface area (Å²) in [5, 5.41) is 19.8. The molecule has 1 heterocycles. The van der Waals surface area contributed by atoms with Crippen LogP contribution in [0, 0.1) is 0 Å². The van der Waals surface area contributed by atoms with E-state index in [0.29, 0.717) is 0 Å². The summed E-state index contributed by atoms with van der Waals surface area (Å²) in [5.41, 5.74) is -1.92. The minimum absolute atomic E-state index is 1.16. The van der Waals surface area contributed by atoms with Crippen LogP contribution in [0.25, 0.3) is 0 Å². The van der Waals surface area contributed by atoms with Gasteiger partial charge in [-0.15, -0.1) is 0 Å². The smallest absolute Gasteiger partial charge is 0.361 e. The number of dihydropyridines is 1. The Labute approximate surface area is 57.5 Å². The molecule has 0 fully saturated rings. The van der Waals surface area contributed by atoms with E-state index in [1.54, 1.807) is 6.08 Å². The van der Waals surface area contributed by atoms with Crippen LogP contribution in [0.15, 0.2) is 24.4 Å². The second kappa shape index (κ2) is 2.15. The highest BCUT2D eigenvalue weighted by Gasteiger charge is 2.32. The minimum Gasteiger partial charge on any atom is -0.477 e. The van der Waals surface area contributed by atoms with Gasteiger partial charge in [0.1, 0.15) is 0 Å². The number of nitrogens with one attached hydrogen (secondary N) is 1. The van der Waals surface area contributed by atoms with Crippen molar-refractivity contribution in [1.29, 1.82) is 0 Å². The summed E-state index contributed by atoms with van der Waals surface area (Å²) in [6.07, 6.45) is 5.59. The molecule has 0 bridgehead atoms. The molecule has 1 atom stereocenters. The molecule has 4 heteroatoms. The van der Waals surface area contributed by atoms with E-state index < -0.39 is 11.7 Å². The molecule has 0 aromatic carbocycles. The molecule has 54 valence electrons. The molecule has 3 N–H and O–H groups in total. The Hall–Kier alpha value is -1.29. The monoisotopic (exact) mass is 141 g/mol. The van der Waals surface area contributed by atoms with Gasteiger partial charge in [0.15, 0.2) is 0 Å². The van der Waals surface area contributed by atoms with E-state index in [1.807, 2.05) is 0 Å². The number of rotatable bonds is 1. The molecule has 0 aromatic heterocycles. The summed E-state index contributed by atoms with van der Waals surface area (Å²) in [6.45, 7) is 0. The number of allylic oxidation sites excluding steroid dienone is 2. The number of aliphatic hydroxyl groups is 1. The summed E-state index contributed by atoms with van der Waals surface area (Å²) in [5.74, 6) is -1.31. The third kappa shape index (κ3) is 1.01. The first-order chi connectivity index (χ1) is 4.65. The van der Waals surface area contributed by atoms with Crippen LogP contribution < -0.4 is 5.32 Å². The molecule has 10 heavy (non-hydrogen) atoms. The highest BCUT2D eigenvalue weighted by atomic mass is 16.4. The quantitative estimate of drug-likeness (QED) is 0.457. The van der Waals surface area contributed by atoms with Gasteiger partial charge in [-0.05, 0) is 18.4 Å². The first-order valence-electron chi connectivity index (χ1n) is 2.73. The van der Waals surface area contributed by atoms with E-state index in [0.717, 1.165) is 6.08 Å². The molecule has 1 aliphatic rings. The van der Waals surface area contributed by atoms with Crippen molar-refractivity contribution in [1.82, 2.24) is 5.32 Å². The fourth-order valence-electron chi connectivity index (χ4n) is 0.607. The van der Waals surface area contributed by atoms with Crippen LogP contribution in [-0.2, 0) is 4.79 Å². The molecule has 0 saturated heterocycles. The van der Waals surface area contributed by atoms with E-state index in [2.05, 4.69) is 5.32 Å². The standard InChI is InChI=1S/C6H7NO3/c8-5(9)6(10)3-1-2-4-7-6/h1-4,7,10H,(H,8,9). The topological polar surface area (TPSA) is 69.6 Å². The van der Waals surface area contributed by atoms with Gasteiger partial charge in [0.25, 0.3) is 5.72 Å². The molecule has 4 nitrogen and oxygen atoms in total. The van der Waals surface area contributed by atoms with Crippen molar-refractivity contribution in [3.8, 4) is 0 Å². The van der Waals surface area contributed by atoms with Crippen molar-refractivity contribution >= 4 is 5.97 Å². The summed E-state index contributed by atoms with van der Waals surface area (Å²) >= 11 is 0. The molecule has 0 spiro atoms.